The Balaban J connectivity index is 2.26. The van der Waals surface area contributed by atoms with E-state index in [9.17, 15) is 13.2 Å². The second-order valence-corrected chi connectivity index (χ2v) is 5.39. The molecule has 0 aromatic heterocycles. The molecule has 3 unspecified atom stereocenters. The summed E-state index contributed by atoms with van der Waals surface area (Å²) in [5.41, 5.74) is 0. The van der Waals surface area contributed by atoms with Gasteiger partial charge in [0, 0.05) is 12.6 Å². The third-order valence-electron chi connectivity index (χ3n) is 3.70. The number of nitrogens with one attached hydrogen (secondary N) is 2. The summed E-state index contributed by atoms with van der Waals surface area (Å²) < 4.78 is 37.9. The van der Waals surface area contributed by atoms with E-state index in [1.165, 1.54) is 0 Å². The van der Waals surface area contributed by atoms with Crippen LogP contribution in [0.4, 0.5) is 13.2 Å². The van der Waals surface area contributed by atoms with Gasteiger partial charge in [-0.2, -0.15) is 13.2 Å². The molecule has 3 atom stereocenters. The number of alkyl halides is 3. The Bertz CT molecular complexity index is 231. The van der Waals surface area contributed by atoms with Crippen molar-refractivity contribution in [2.45, 2.75) is 51.7 Å². The van der Waals surface area contributed by atoms with Gasteiger partial charge in [0.1, 0.15) is 0 Å². The molecule has 0 aromatic rings. The van der Waals surface area contributed by atoms with Crippen LogP contribution >= 0.6 is 0 Å². The third kappa shape index (κ3) is 5.57. The monoisotopic (exact) mass is 266 g/mol. The molecule has 1 saturated carbocycles. The Morgan fingerprint density at radius 1 is 1.28 bits per heavy atom. The van der Waals surface area contributed by atoms with Gasteiger partial charge in [-0.25, -0.2) is 0 Å². The van der Waals surface area contributed by atoms with Crippen molar-refractivity contribution in [3.63, 3.8) is 0 Å². The summed E-state index contributed by atoms with van der Waals surface area (Å²) in [5.74, 6) is -0.906. The van der Waals surface area contributed by atoms with E-state index in [1.54, 1.807) is 0 Å². The quantitative estimate of drug-likeness (QED) is 0.772. The Labute approximate surface area is 108 Å². The van der Waals surface area contributed by atoms with E-state index in [4.69, 9.17) is 0 Å². The largest absolute Gasteiger partial charge is 0.391 e. The Morgan fingerprint density at radius 2 is 2.00 bits per heavy atom. The van der Waals surface area contributed by atoms with Gasteiger partial charge in [-0.05, 0) is 45.2 Å². The molecular weight excluding hydrogens is 241 g/mol. The van der Waals surface area contributed by atoms with Crippen LogP contribution in [0, 0.1) is 11.8 Å². The summed E-state index contributed by atoms with van der Waals surface area (Å²) in [6.45, 7) is 6.60. The lowest BCUT2D eigenvalue weighted by Crippen LogP contribution is -2.40. The lowest BCUT2D eigenvalue weighted by Gasteiger charge is -2.31. The molecule has 0 bridgehead atoms. The maximum Gasteiger partial charge on any atom is 0.391 e. The highest BCUT2D eigenvalue weighted by atomic mass is 19.4. The van der Waals surface area contributed by atoms with Gasteiger partial charge in [-0.1, -0.05) is 13.3 Å². The molecule has 0 heterocycles. The molecule has 18 heavy (non-hydrogen) atoms. The third-order valence-corrected chi connectivity index (χ3v) is 3.70. The van der Waals surface area contributed by atoms with E-state index in [0.29, 0.717) is 31.8 Å². The van der Waals surface area contributed by atoms with Crippen molar-refractivity contribution >= 4 is 0 Å². The van der Waals surface area contributed by atoms with E-state index < -0.39 is 12.1 Å². The lowest BCUT2D eigenvalue weighted by atomic mass is 9.81. The minimum atomic E-state index is -4.01. The Hall–Kier alpha value is -0.290. The first-order valence-electron chi connectivity index (χ1n) is 6.94. The fraction of sp³-hybridized carbons (Fsp3) is 1.00. The fourth-order valence-corrected chi connectivity index (χ4v) is 2.57. The van der Waals surface area contributed by atoms with Crippen molar-refractivity contribution in [2.75, 3.05) is 19.6 Å². The average Bonchev–Trinajstić information content (AvgIpc) is 2.33. The molecule has 1 aliphatic rings. The van der Waals surface area contributed by atoms with E-state index in [0.717, 1.165) is 19.5 Å². The molecule has 0 radical (unpaired) electrons. The van der Waals surface area contributed by atoms with Gasteiger partial charge in [-0.15, -0.1) is 0 Å². The van der Waals surface area contributed by atoms with Crippen LogP contribution in [0.5, 0.6) is 0 Å². The molecule has 1 aliphatic carbocycles. The minimum absolute atomic E-state index is 0.175. The van der Waals surface area contributed by atoms with Crippen molar-refractivity contribution in [1.82, 2.24) is 10.6 Å². The number of rotatable bonds is 6. The number of halogens is 3. The van der Waals surface area contributed by atoms with Gasteiger partial charge in [0.25, 0.3) is 0 Å². The van der Waals surface area contributed by atoms with Crippen molar-refractivity contribution in [1.29, 1.82) is 0 Å². The van der Waals surface area contributed by atoms with Crippen LogP contribution < -0.4 is 10.6 Å². The normalized spacial score (nSPS) is 27.2. The topological polar surface area (TPSA) is 24.1 Å². The van der Waals surface area contributed by atoms with Gasteiger partial charge in [0.05, 0.1) is 5.92 Å². The molecule has 5 heteroatoms. The highest BCUT2D eigenvalue weighted by Crippen LogP contribution is 2.39. The molecule has 108 valence electrons. The predicted molar refractivity (Wildman–Crippen MR) is 67.5 cm³/mol. The molecule has 0 saturated heterocycles. The first-order chi connectivity index (χ1) is 8.43. The first kappa shape index (κ1) is 15.8. The predicted octanol–water partition coefficient (Wildman–Crippen LogP) is 2.94. The van der Waals surface area contributed by atoms with Crippen LogP contribution in [0.2, 0.25) is 0 Å². The van der Waals surface area contributed by atoms with Crippen molar-refractivity contribution in [3.8, 4) is 0 Å². The summed E-state index contributed by atoms with van der Waals surface area (Å²) in [6, 6.07) is 0.316. The van der Waals surface area contributed by atoms with E-state index in [-0.39, 0.29) is 5.92 Å². The van der Waals surface area contributed by atoms with Gasteiger partial charge in [-0.3, -0.25) is 0 Å². The summed E-state index contributed by atoms with van der Waals surface area (Å²) >= 11 is 0. The Morgan fingerprint density at radius 3 is 2.61 bits per heavy atom. The van der Waals surface area contributed by atoms with Crippen molar-refractivity contribution in [3.05, 3.63) is 0 Å². The lowest BCUT2D eigenvalue weighted by molar-refractivity contribution is -0.185. The zero-order valence-corrected chi connectivity index (χ0v) is 11.3. The van der Waals surface area contributed by atoms with Crippen LogP contribution in [-0.2, 0) is 0 Å². The zero-order chi connectivity index (χ0) is 13.6. The summed E-state index contributed by atoms with van der Waals surface area (Å²) in [4.78, 5) is 0. The van der Waals surface area contributed by atoms with Crippen molar-refractivity contribution < 1.29 is 13.2 Å². The van der Waals surface area contributed by atoms with Gasteiger partial charge in [0.15, 0.2) is 0 Å². The average molecular weight is 266 g/mol. The molecule has 0 spiro atoms. The molecule has 1 fully saturated rings. The zero-order valence-electron chi connectivity index (χ0n) is 11.3. The second kappa shape index (κ2) is 7.34. The smallest absolute Gasteiger partial charge is 0.315 e. The summed E-state index contributed by atoms with van der Waals surface area (Å²) in [5, 5.41) is 6.56. The summed E-state index contributed by atoms with van der Waals surface area (Å²) in [7, 11) is 0. The maximum atomic E-state index is 12.6. The Kier molecular flexibility index (Phi) is 6.43. The summed E-state index contributed by atoms with van der Waals surface area (Å²) in [6.07, 6.45) is -1.77. The van der Waals surface area contributed by atoms with Gasteiger partial charge in [0.2, 0.25) is 0 Å². The van der Waals surface area contributed by atoms with Crippen LogP contribution in [0.3, 0.4) is 0 Å². The number of hydrogen-bond donors (Lipinski definition) is 2. The van der Waals surface area contributed by atoms with Crippen molar-refractivity contribution in [2.24, 2.45) is 11.8 Å². The molecular formula is C13H25F3N2. The van der Waals surface area contributed by atoms with E-state index in [2.05, 4.69) is 17.6 Å². The second-order valence-electron chi connectivity index (χ2n) is 5.39. The maximum absolute atomic E-state index is 12.6. The van der Waals surface area contributed by atoms with Crippen LogP contribution in [0.1, 0.15) is 39.5 Å². The standard InChI is InChI=1S/C13H25F3N2/c1-3-17-8-10(2)18-9-11-5-4-6-12(7-11)13(14,15)16/h10-12,17-18H,3-9H2,1-2H3. The first-order valence-corrected chi connectivity index (χ1v) is 6.94. The molecule has 2 nitrogen and oxygen atoms in total. The SMILES string of the molecule is CCNCC(C)NCC1CCCC(C(F)(F)F)C1. The molecule has 0 amide bonds. The minimum Gasteiger partial charge on any atom is -0.315 e. The van der Waals surface area contributed by atoms with E-state index >= 15 is 0 Å². The van der Waals surface area contributed by atoms with Crippen LogP contribution in [-0.4, -0.2) is 31.9 Å². The molecule has 2 N–H and O–H groups in total. The molecule has 1 rings (SSSR count). The molecule has 0 aromatic carbocycles. The highest BCUT2D eigenvalue weighted by molar-refractivity contribution is 4.79. The highest BCUT2D eigenvalue weighted by Gasteiger charge is 2.41. The van der Waals surface area contributed by atoms with Gasteiger partial charge < -0.3 is 10.6 Å². The van der Waals surface area contributed by atoms with E-state index in [1.807, 2.05) is 6.92 Å². The van der Waals surface area contributed by atoms with Crippen LogP contribution in [0.15, 0.2) is 0 Å². The van der Waals surface area contributed by atoms with Crippen LogP contribution in [0.25, 0.3) is 0 Å². The number of hydrogen-bond acceptors (Lipinski definition) is 2. The van der Waals surface area contributed by atoms with Gasteiger partial charge >= 0.3 is 6.18 Å². The number of likely N-dealkylation sites (N-methyl/N-ethyl adjacent to an activating group) is 1. The fourth-order valence-electron chi connectivity index (χ4n) is 2.57. The molecule has 0 aliphatic heterocycles.